The second kappa shape index (κ2) is 32.4. The number of imide groups is 1. The summed E-state index contributed by atoms with van der Waals surface area (Å²) in [5.41, 5.74) is 4.13. The molecule has 3 aromatic heterocycles. The van der Waals surface area contributed by atoms with E-state index in [1.807, 2.05) is 52.9 Å². The Balaban J connectivity index is 0.742. The van der Waals surface area contributed by atoms with E-state index < -0.39 is 94.5 Å². The molecule has 30 nitrogen and oxygen atoms in total. The number of thiazole rings is 1. The number of aromatic carboxylic acids is 1. The molecule has 5 amide bonds. The normalized spacial score (nSPS) is 23.1. The number of aliphatic hydroxyl groups is 3. The fraction of sp³-hybridized carbons (Fsp3) is 0.493. The smallest absolute Gasteiger partial charge is 0.410 e. The van der Waals surface area contributed by atoms with E-state index in [4.69, 9.17) is 38.5 Å². The van der Waals surface area contributed by atoms with Crippen molar-refractivity contribution in [3.63, 3.8) is 0 Å². The molecule has 6 heterocycles. The number of carboxylic acids is 2. The van der Waals surface area contributed by atoms with Crippen LogP contribution >= 0.6 is 11.3 Å². The highest BCUT2D eigenvalue weighted by Crippen LogP contribution is 2.60. The molecule has 32 heteroatoms. The van der Waals surface area contributed by atoms with Crippen LogP contribution in [0.1, 0.15) is 121 Å². The molecule has 0 radical (unpaired) electrons. The summed E-state index contributed by atoms with van der Waals surface area (Å²) in [6, 6.07) is 21.0. The number of ether oxygens (including phenoxy) is 6. The SMILES string of the molecule is Cc1c(-c2ccc(N3CCc4cccc(C(=O)Nc5nc6ccccc6s5)c4C3)nc2C(=O)O)cnn1CCCC1(OCCN(CCCS(=O)(=O)O)C(=O)OCc2ccc(O[C@@H]3O[C@H](C(=O)O)[C@@H](O)[C@H](O)[C@H]3O)cc2OCCOCCNC(=O)CCN2C(=O)C=CC2=O)CC2(C)CCCC(C)(C2)C1. The molecule has 0 spiro atoms. The topological polar surface area (TPSA) is 408 Å². The molecule has 2 saturated carbocycles. The zero-order valence-electron chi connectivity index (χ0n) is 57.3. The molecule has 8 N–H and O–H groups in total. The van der Waals surface area contributed by atoms with Crippen LogP contribution in [0, 0.1) is 17.8 Å². The van der Waals surface area contributed by atoms with Gasteiger partial charge in [0.15, 0.2) is 16.9 Å². The summed E-state index contributed by atoms with van der Waals surface area (Å²) >= 11 is 1.39. The number of aliphatic hydroxyl groups excluding tert-OH is 3. The third kappa shape index (κ3) is 18.5. The highest BCUT2D eigenvalue weighted by Gasteiger charge is 2.53. The molecule has 103 heavy (non-hydrogen) atoms. The number of aryl methyl sites for hydroxylation is 1. The second-order valence-corrected chi connectivity index (χ2v) is 30.1. The number of pyridine rings is 1. The van der Waals surface area contributed by atoms with Crippen molar-refractivity contribution in [3.05, 3.63) is 125 Å². The maximum atomic E-state index is 14.3. The van der Waals surface area contributed by atoms with E-state index in [1.54, 1.807) is 24.4 Å². The van der Waals surface area contributed by atoms with Crippen LogP contribution in [0.25, 0.3) is 21.3 Å². The number of hydrogen-bond donors (Lipinski definition) is 8. The van der Waals surface area contributed by atoms with E-state index >= 15 is 0 Å². The number of carbonyl (C=O) groups excluding carboxylic acids is 5. The van der Waals surface area contributed by atoms with Gasteiger partial charge in [-0.1, -0.05) is 55.9 Å². The summed E-state index contributed by atoms with van der Waals surface area (Å²) in [5, 5.41) is 62.7. The van der Waals surface area contributed by atoms with Gasteiger partial charge in [0, 0.05) is 98.4 Å². The average molecular weight is 1460 g/mol. The van der Waals surface area contributed by atoms with Crippen LogP contribution in [0.5, 0.6) is 11.5 Å². The van der Waals surface area contributed by atoms with Crippen molar-refractivity contribution in [2.45, 2.75) is 147 Å². The number of fused-ring (bicyclic) bond motifs is 4. The number of amides is 5. The van der Waals surface area contributed by atoms with Gasteiger partial charge in [0.2, 0.25) is 12.2 Å². The molecular weight excluding hydrogens is 1380 g/mol. The number of benzene rings is 3. The quantitative estimate of drug-likeness (QED) is 0.0130. The molecule has 552 valence electrons. The van der Waals surface area contributed by atoms with E-state index in [9.17, 15) is 72.1 Å². The Morgan fingerprint density at radius 2 is 1.60 bits per heavy atom. The Morgan fingerprint density at radius 1 is 0.835 bits per heavy atom. The first-order chi connectivity index (χ1) is 49.1. The van der Waals surface area contributed by atoms with E-state index in [0.29, 0.717) is 66.5 Å². The molecule has 7 atom stereocenters. The summed E-state index contributed by atoms with van der Waals surface area (Å²) < 4.78 is 72.3. The summed E-state index contributed by atoms with van der Waals surface area (Å²) in [5.74, 6) is -4.84. The molecule has 1 saturated heterocycles. The Kier molecular flexibility index (Phi) is 23.6. The van der Waals surface area contributed by atoms with Crippen molar-refractivity contribution in [1.82, 2.24) is 34.9 Å². The maximum absolute atomic E-state index is 14.3. The minimum absolute atomic E-state index is 0.0104. The number of carboxylic acid groups (broad SMARTS) is 2. The highest BCUT2D eigenvalue weighted by molar-refractivity contribution is 7.85. The van der Waals surface area contributed by atoms with E-state index in [0.717, 1.165) is 82.6 Å². The van der Waals surface area contributed by atoms with Crippen molar-refractivity contribution in [1.29, 1.82) is 0 Å². The van der Waals surface area contributed by atoms with Gasteiger partial charge in [-0.05, 0) is 129 Å². The third-order valence-corrected chi connectivity index (χ3v) is 21.3. The maximum Gasteiger partial charge on any atom is 0.410 e. The van der Waals surface area contributed by atoms with Gasteiger partial charge in [-0.3, -0.25) is 38.6 Å². The zero-order valence-corrected chi connectivity index (χ0v) is 58.9. The standard InChI is InChI=1S/C71H85N9O21S2/c1-43-49(47-16-17-54(75-58(47)64(88)89)78-28-20-44-10-6-11-48(50(44)38-78)63(87)76-67-74-51-12-4-5-13-53(51)102-67)37-73-80(43)27-8-24-71(41-69(2)22-7-23-70(3,40-69)42-71)99-32-30-77(26-9-35-103(93,94)95)68(92)98-39-45-14-15-46(100-66-61(86)59(84)60(85)62(101-66)65(90)91)36-52(45)97-34-33-96-31-25-72-55(81)21-29-79-56(82)18-19-57(79)83/h4-6,10-19,36-37,59-62,66,84-86H,7-9,20-35,38-42H2,1-3H3,(H,72,81)(H,88,89)(H,90,91)(H,74,76,87)(H,93,94,95)/t59-,60-,61+,62-,66+,69?,70?,71?/m0/s1. The monoisotopic (exact) mass is 1460 g/mol. The van der Waals surface area contributed by atoms with Crippen LogP contribution in [-0.4, -0.2) is 211 Å². The van der Waals surface area contributed by atoms with Crippen LogP contribution < -0.4 is 25.0 Å². The van der Waals surface area contributed by atoms with Crippen LogP contribution in [0.15, 0.2) is 91.1 Å². The van der Waals surface area contributed by atoms with Crippen LogP contribution in [0.4, 0.5) is 15.7 Å². The highest BCUT2D eigenvalue weighted by atomic mass is 32.2. The van der Waals surface area contributed by atoms with Gasteiger partial charge in [-0.25, -0.2) is 24.4 Å². The number of nitrogens with one attached hydrogen (secondary N) is 2. The first-order valence-corrected chi connectivity index (χ1v) is 36.6. The van der Waals surface area contributed by atoms with Gasteiger partial charge in [0.1, 0.15) is 48.8 Å². The molecular formula is C71H85N9O21S2. The van der Waals surface area contributed by atoms with Crippen molar-refractivity contribution in [2.75, 3.05) is 75.1 Å². The van der Waals surface area contributed by atoms with Gasteiger partial charge >= 0.3 is 18.0 Å². The molecule has 6 aromatic rings. The van der Waals surface area contributed by atoms with Crippen molar-refractivity contribution >= 4 is 84.3 Å². The van der Waals surface area contributed by atoms with Crippen molar-refractivity contribution < 1.29 is 100 Å². The Bertz CT molecular complexity index is 4230. The lowest BCUT2D eigenvalue weighted by Gasteiger charge is -2.57. The lowest BCUT2D eigenvalue weighted by atomic mass is 9.51. The van der Waals surface area contributed by atoms with E-state index in [2.05, 4.69) is 29.5 Å². The largest absolute Gasteiger partial charge is 0.491 e. The van der Waals surface area contributed by atoms with Crippen molar-refractivity contribution in [3.8, 4) is 22.6 Å². The lowest BCUT2D eigenvalue weighted by molar-refractivity contribution is -0.271. The number of rotatable bonds is 32. The van der Waals surface area contributed by atoms with Gasteiger partial charge in [-0.15, -0.1) is 0 Å². The molecule has 2 bridgehead atoms. The van der Waals surface area contributed by atoms with Crippen LogP contribution in [0.3, 0.4) is 0 Å². The number of anilines is 2. The lowest BCUT2D eigenvalue weighted by Crippen LogP contribution is -2.61. The molecule has 11 rings (SSSR count). The first-order valence-electron chi connectivity index (χ1n) is 34.2. The fourth-order valence-corrected chi connectivity index (χ4v) is 16.4. The van der Waals surface area contributed by atoms with Gasteiger partial charge < -0.3 is 69.1 Å². The molecule has 2 unspecified atom stereocenters. The molecule has 2 aliphatic carbocycles. The third-order valence-electron chi connectivity index (χ3n) is 19.6. The minimum atomic E-state index is -4.44. The number of hydrogen-bond acceptors (Lipinski definition) is 23. The van der Waals surface area contributed by atoms with Crippen molar-refractivity contribution in [2.24, 2.45) is 10.8 Å². The van der Waals surface area contributed by atoms with Crippen LogP contribution in [-0.2, 0) is 74.4 Å². The minimum Gasteiger partial charge on any atom is -0.491 e. The molecule has 5 aliphatic rings. The number of nitrogens with zero attached hydrogens (tertiary/aromatic N) is 7. The number of carbonyl (C=O) groups is 7. The van der Waals surface area contributed by atoms with Gasteiger partial charge in [0.05, 0.1) is 47.6 Å². The molecule has 3 fully saturated rings. The second-order valence-electron chi connectivity index (χ2n) is 27.5. The summed E-state index contributed by atoms with van der Waals surface area (Å²) in [7, 11) is -4.44. The van der Waals surface area contributed by atoms with Crippen LogP contribution in [0.2, 0.25) is 0 Å². The molecule has 3 aliphatic heterocycles. The number of para-hydroxylation sites is 1. The summed E-state index contributed by atoms with van der Waals surface area (Å²) in [6.45, 7) is 6.90. The number of aromatic nitrogens is 4. The Hall–Kier alpha value is -8.99. The zero-order chi connectivity index (χ0) is 73.4. The van der Waals surface area contributed by atoms with E-state index in [1.165, 1.54) is 34.4 Å². The summed E-state index contributed by atoms with van der Waals surface area (Å²) in [4.78, 5) is 103. The average Bonchev–Trinajstić information content (AvgIpc) is 1.26. The molecule has 3 aromatic carbocycles. The first kappa shape index (κ1) is 75.2. The predicted molar refractivity (Wildman–Crippen MR) is 372 cm³/mol. The number of aliphatic carboxylic acids is 1. The van der Waals surface area contributed by atoms with Gasteiger partial charge in [0.25, 0.3) is 27.8 Å². The summed E-state index contributed by atoms with van der Waals surface area (Å²) in [6.07, 6.45) is 0.392. The van der Waals surface area contributed by atoms with Gasteiger partial charge in [-0.2, -0.15) is 13.5 Å². The Morgan fingerprint density at radius 3 is 2.34 bits per heavy atom. The fourth-order valence-electron chi connectivity index (χ4n) is 15.0. The predicted octanol–water partition coefficient (Wildman–Crippen LogP) is 6.31. The van der Waals surface area contributed by atoms with E-state index in [-0.39, 0.29) is 105 Å². The Labute approximate surface area is 597 Å².